The number of amides is 1. The summed E-state index contributed by atoms with van der Waals surface area (Å²) in [6.45, 7) is 7.57. The Kier molecular flexibility index (Phi) is 14.5. The van der Waals surface area contributed by atoms with E-state index in [2.05, 4.69) is 0 Å². The molecule has 17 nitrogen and oxygen atoms in total. The second-order valence-electron chi connectivity index (χ2n) is 12.3. The molecular weight excluding hydrogens is 743 g/mol. The average molecular weight is 792 g/mol. The van der Waals surface area contributed by atoms with Gasteiger partial charge in [-0.1, -0.05) is 0 Å². The van der Waals surface area contributed by atoms with Gasteiger partial charge < -0.3 is 51.8 Å². The molecule has 296 valence electrons. The predicted octanol–water partition coefficient (Wildman–Crippen LogP) is 5.97. The van der Waals surface area contributed by atoms with Crippen LogP contribution in [0, 0.1) is 5.82 Å². The summed E-state index contributed by atoms with van der Waals surface area (Å²) in [5.41, 5.74) is -0.916. The first-order valence-corrected chi connectivity index (χ1v) is 20.7. The lowest BCUT2D eigenvalue weighted by atomic mass is 10.1. The zero-order valence-electron chi connectivity index (χ0n) is 30.7. The number of nitrogens with zero attached hydrogens (tertiary/aromatic N) is 3. The number of esters is 1. The van der Waals surface area contributed by atoms with Gasteiger partial charge in [0.2, 0.25) is 12.2 Å². The minimum atomic E-state index is -4.08. The van der Waals surface area contributed by atoms with Gasteiger partial charge in [0.1, 0.15) is 11.3 Å². The molecule has 4 rings (SSSR count). The third-order valence-corrected chi connectivity index (χ3v) is 14.9. The quantitative estimate of drug-likeness (QED) is 0.0991. The van der Waals surface area contributed by atoms with Crippen LogP contribution in [-0.4, -0.2) is 104 Å². The number of hydrogen-bond acceptors (Lipinski definition) is 14. The number of carboxylic acid groups (broad SMARTS) is 1. The lowest BCUT2D eigenvalue weighted by Crippen LogP contribution is -2.54. The van der Waals surface area contributed by atoms with Gasteiger partial charge in [0.05, 0.1) is 44.4 Å². The Labute approximate surface area is 306 Å². The average Bonchev–Trinajstić information content (AvgIpc) is 3.94. The van der Waals surface area contributed by atoms with Gasteiger partial charge in [0, 0.05) is 44.3 Å². The van der Waals surface area contributed by atoms with Crippen molar-refractivity contribution in [1.82, 2.24) is 9.47 Å². The summed E-state index contributed by atoms with van der Waals surface area (Å²) in [7, 11) is -6.81. The minimum Gasteiger partial charge on any atom is -0.492 e. The largest absolute Gasteiger partial charge is 0.492 e. The normalized spacial score (nSPS) is 16.6. The molecule has 1 unspecified atom stereocenters. The van der Waals surface area contributed by atoms with Crippen molar-refractivity contribution in [3.05, 3.63) is 33.9 Å². The van der Waals surface area contributed by atoms with Crippen molar-refractivity contribution in [2.24, 2.45) is 0 Å². The third kappa shape index (κ3) is 9.41. The molecule has 53 heavy (non-hydrogen) atoms. The number of benzene rings is 1. The number of carbonyl (C=O) groups excluding carboxylic acids is 2. The number of anilines is 1. The first kappa shape index (κ1) is 42.2. The van der Waals surface area contributed by atoms with Gasteiger partial charge in [-0.05, 0) is 59.9 Å². The van der Waals surface area contributed by atoms with Crippen molar-refractivity contribution >= 4 is 49.8 Å². The molecule has 2 aliphatic rings. The lowest BCUT2D eigenvalue weighted by molar-refractivity contribution is -0.152. The van der Waals surface area contributed by atoms with Crippen LogP contribution < -0.4 is 15.1 Å². The molecular formula is C33H48FN3O14P2. The van der Waals surface area contributed by atoms with E-state index in [4.69, 9.17) is 32.3 Å². The van der Waals surface area contributed by atoms with E-state index in [0.717, 1.165) is 18.9 Å². The highest BCUT2D eigenvalue weighted by Gasteiger charge is 2.50. The molecule has 1 atom stereocenters. The highest BCUT2D eigenvalue weighted by molar-refractivity contribution is 7.72. The van der Waals surface area contributed by atoms with Gasteiger partial charge in [0.15, 0.2) is 17.0 Å². The smallest absolute Gasteiger partial charge is 0.413 e. The highest BCUT2D eigenvalue weighted by Crippen LogP contribution is 2.71. The first-order chi connectivity index (χ1) is 25.2. The Balaban J connectivity index is 1.41. The van der Waals surface area contributed by atoms with Crippen molar-refractivity contribution in [2.45, 2.75) is 77.8 Å². The summed E-state index contributed by atoms with van der Waals surface area (Å²) in [6.07, 6.45) is 1.29. The predicted molar refractivity (Wildman–Crippen MR) is 191 cm³/mol. The zero-order valence-corrected chi connectivity index (χ0v) is 32.5. The van der Waals surface area contributed by atoms with E-state index in [1.807, 2.05) is 0 Å². The Morgan fingerprint density at radius 1 is 0.962 bits per heavy atom. The summed E-state index contributed by atoms with van der Waals surface area (Å²) < 4.78 is 82.5. The molecule has 1 saturated heterocycles. The first-order valence-electron chi connectivity index (χ1n) is 17.5. The second-order valence-corrected chi connectivity index (χ2v) is 17.1. The number of piperazine rings is 1. The molecule has 0 spiro atoms. The number of carboxylic acids is 1. The molecule has 20 heteroatoms. The van der Waals surface area contributed by atoms with Crippen LogP contribution in [-0.2, 0) is 41.5 Å². The number of hydrogen-bond donors (Lipinski definition) is 1. The molecule has 1 aromatic heterocycles. The summed E-state index contributed by atoms with van der Waals surface area (Å²) >= 11 is 0. The van der Waals surface area contributed by atoms with Gasteiger partial charge in [-0.2, -0.15) is 0 Å². The molecule has 0 bridgehead atoms. The minimum absolute atomic E-state index is 0.0259. The van der Waals surface area contributed by atoms with Crippen LogP contribution in [0.4, 0.5) is 14.9 Å². The summed E-state index contributed by atoms with van der Waals surface area (Å²) in [4.78, 5) is 53.6. The molecule has 2 aromatic rings. The van der Waals surface area contributed by atoms with Crippen LogP contribution in [0.1, 0.15) is 76.7 Å². The van der Waals surface area contributed by atoms with Crippen molar-refractivity contribution < 1.29 is 65.3 Å². The SMILES string of the molecule is CCOP(=O)(OCC)C(CCC(=O)OCOC(=O)N1CCN(c2c(F)cc3c(=O)c(C(=O)O)cn(C4CC4)c3c2OC)CC1C)P(=O)(OCC)OCC. The molecule has 1 N–H and O–H groups in total. The van der Waals surface area contributed by atoms with Crippen LogP contribution in [0.2, 0.25) is 0 Å². The summed E-state index contributed by atoms with van der Waals surface area (Å²) in [5.74, 6) is -2.96. The van der Waals surface area contributed by atoms with Gasteiger partial charge in [-0.15, -0.1) is 0 Å². The standard InChI is InChI=1S/C33H48FN3O14P2/c1-7-48-52(43,49-8-2)27(53(44,50-9-3)51-10-4)14-13-26(38)46-20-47-33(42)36-16-15-35(18-21(36)5)29-25(34)17-23-28(31(29)45-6)37(22-11-12-22)19-24(30(23)39)32(40)41/h17,19,21-22,27H,7-16,18,20H2,1-6H3,(H,40,41). The molecule has 1 saturated carbocycles. The van der Waals surface area contributed by atoms with Gasteiger partial charge in [-0.3, -0.25) is 18.7 Å². The molecule has 1 amide bonds. The molecule has 2 heterocycles. The summed E-state index contributed by atoms with van der Waals surface area (Å²) in [6, 6.07) is 0.440. The van der Waals surface area contributed by atoms with E-state index in [1.165, 1.54) is 18.2 Å². The van der Waals surface area contributed by atoms with Crippen LogP contribution in [0.3, 0.4) is 0 Å². The van der Waals surface area contributed by atoms with Crippen LogP contribution in [0.15, 0.2) is 17.1 Å². The number of carbonyl (C=O) groups is 3. The number of rotatable bonds is 19. The number of methoxy groups -OCH3 is 1. The topological polar surface area (TPSA) is 199 Å². The van der Waals surface area contributed by atoms with E-state index in [-0.39, 0.29) is 75.3 Å². The van der Waals surface area contributed by atoms with Gasteiger partial charge in [-0.25, -0.2) is 14.0 Å². The maximum atomic E-state index is 15.8. The van der Waals surface area contributed by atoms with E-state index in [9.17, 15) is 33.4 Å². The number of pyridine rings is 1. The fourth-order valence-corrected chi connectivity index (χ4v) is 11.7. The second kappa shape index (κ2) is 18.2. The fraction of sp³-hybridized carbons (Fsp3) is 0.636. The number of halogens is 1. The molecule has 1 aromatic carbocycles. The van der Waals surface area contributed by atoms with Crippen LogP contribution in [0.5, 0.6) is 5.75 Å². The molecule has 1 aliphatic heterocycles. The fourth-order valence-electron chi connectivity index (χ4n) is 6.33. The third-order valence-electron chi connectivity index (χ3n) is 8.73. The van der Waals surface area contributed by atoms with Crippen LogP contribution in [0.25, 0.3) is 10.9 Å². The Morgan fingerprint density at radius 3 is 2.04 bits per heavy atom. The molecule has 2 fully saturated rings. The Morgan fingerprint density at radius 2 is 1.55 bits per heavy atom. The molecule has 1 aliphatic carbocycles. The monoisotopic (exact) mass is 791 g/mol. The maximum Gasteiger partial charge on any atom is 0.413 e. The van der Waals surface area contributed by atoms with E-state index >= 15 is 4.39 Å². The van der Waals surface area contributed by atoms with E-state index < -0.39 is 74.7 Å². The van der Waals surface area contributed by atoms with Crippen molar-refractivity contribution in [3.8, 4) is 5.75 Å². The molecule has 0 radical (unpaired) electrons. The van der Waals surface area contributed by atoms with E-state index in [1.54, 1.807) is 44.1 Å². The Bertz CT molecular complexity index is 1770. The maximum absolute atomic E-state index is 15.8. The number of ether oxygens (including phenoxy) is 3. The summed E-state index contributed by atoms with van der Waals surface area (Å²) in [5, 5.41) is 8.07. The van der Waals surface area contributed by atoms with E-state index in [0.29, 0.717) is 5.52 Å². The highest BCUT2D eigenvalue weighted by atomic mass is 31.2. The van der Waals surface area contributed by atoms with Crippen molar-refractivity contribution in [2.75, 3.05) is 64.9 Å². The van der Waals surface area contributed by atoms with Crippen LogP contribution >= 0.6 is 15.2 Å². The lowest BCUT2D eigenvalue weighted by Gasteiger charge is -2.40. The number of fused-ring (bicyclic) bond motifs is 1. The Hall–Kier alpha value is -3.53. The number of aromatic carboxylic acids is 1. The van der Waals surface area contributed by atoms with Gasteiger partial charge in [0.25, 0.3) is 0 Å². The zero-order chi connectivity index (χ0) is 39.1. The van der Waals surface area contributed by atoms with Gasteiger partial charge >= 0.3 is 33.2 Å². The van der Waals surface area contributed by atoms with Crippen molar-refractivity contribution in [1.29, 1.82) is 0 Å². The van der Waals surface area contributed by atoms with Crippen molar-refractivity contribution in [3.63, 3.8) is 0 Å². The number of aromatic nitrogens is 1.